The fourth-order valence-corrected chi connectivity index (χ4v) is 11.9. The highest BCUT2D eigenvalue weighted by Gasteiger charge is 2.59. The van der Waals surface area contributed by atoms with Gasteiger partial charge in [0, 0.05) is 72.7 Å². The van der Waals surface area contributed by atoms with Crippen LogP contribution in [0.15, 0.2) is 90.4 Å². The van der Waals surface area contributed by atoms with Crippen LogP contribution in [0.4, 0.5) is 4.39 Å². The fourth-order valence-electron chi connectivity index (χ4n) is 10.2. The lowest BCUT2D eigenvalue weighted by Gasteiger charge is -2.34. The molecule has 1 N–H and O–H groups in total. The first-order chi connectivity index (χ1) is 31.2. The molecular formula is C47H49ClFN9O6S. The molecule has 4 atom stereocenters. The summed E-state index contributed by atoms with van der Waals surface area (Å²) in [4.78, 5) is 47.7. The number of nitrogens with one attached hydrogen (secondary N) is 1. The lowest BCUT2D eigenvalue weighted by atomic mass is 9.91. The van der Waals surface area contributed by atoms with E-state index in [2.05, 4.69) is 39.6 Å². The number of rotatable bonds is 9. The van der Waals surface area contributed by atoms with Crippen LogP contribution in [0.1, 0.15) is 96.3 Å². The Morgan fingerprint density at radius 2 is 1.75 bits per heavy atom. The normalized spacial score (nSPS) is 20.8. The third kappa shape index (κ3) is 6.75. The molecule has 3 aromatic carbocycles. The maximum Gasteiger partial charge on any atom is 0.438 e. The smallest absolute Gasteiger partial charge is 0.381 e. The van der Waals surface area contributed by atoms with Crippen LogP contribution >= 0.6 is 11.6 Å². The molecule has 6 heterocycles. The van der Waals surface area contributed by atoms with Crippen molar-refractivity contribution in [1.29, 1.82) is 0 Å². The van der Waals surface area contributed by atoms with Crippen molar-refractivity contribution in [2.75, 3.05) is 32.6 Å². The van der Waals surface area contributed by atoms with E-state index >= 15 is 9.18 Å². The molecule has 2 aliphatic heterocycles. The van der Waals surface area contributed by atoms with Crippen LogP contribution in [-0.2, 0) is 26.4 Å². The predicted octanol–water partition coefficient (Wildman–Crippen LogP) is 7.77. The number of aromatic amines is 1. The summed E-state index contributed by atoms with van der Waals surface area (Å²) in [6.07, 6.45) is 6.01. The summed E-state index contributed by atoms with van der Waals surface area (Å²) in [5.41, 5.74) is 4.19. The standard InChI is InChI=1S/C47H49ClFN9O6S/c1-7-65(62,50-6)34-9-11-38(35(48)24-34)55-16-17-56(46(55)61)42-40-29(5)54(15-12-36(40)52-58(42)33-20-26(2)41(49)27(3)21-33)43(59)39-23-32-22-31(30-13-18-63-19-14-30)8-10-37(32)57(39)47(25-28(47)4)44-51-45(60)64-53-44/h8-11,16-17,20-24,28-30H,7,12-15,18-19,25H2,1-6H3,(H,51,53,60)/t28-,29-,47-,65-/m0/s1. The van der Waals surface area contributed by atoms with Crippen molar-refractivity contribution in [1.82, 2.24) is 38.5 Å². The highest BCUT2D eigenvalue weighted by molar-refractivity contribution is 7.93. The highest BCUT2D eigenvalue weighted by atomic mass is 35.5. The molecule has 1 aliphatic carbocycles. The van der Waals surface area contributed by atoms with Gasteiger partial charge in [0.2, 0.25) is 0 Å². The van der Waals surface area contributed by atoms with Crippen molar-refractivity contribution in [3.05, 3.63) is 138 Å². The van der Waals surface area contributed by atoms with E-state index in [-0.39, 0.29) is 22.7 Å². The van der Waals surface area contributed by atoms with Gasteiger partial charge in [0.25, 0.3) is 5.91 Å². The quantitative estimate of drug-likeness (QED) is 0.153. The predicted molar refractivity (Wildman–Crippen MR) is 244 cm³/mol. The van der Waals surface area contributed by atoms with Crippen molar-refractivity contribution in [2.24, 2.45) is 10.3 Å². The van der Waals surface area contributed by atoms with Crippen molar-refractivity contribution >= 4 is 38.1 Å². The van der Waals surface area contributed by atoms with Gasteiger partial charge >= 0.3 is 11.4 Å². The van der Waals surface area contributed by atoms with E-state index in [1.165, 1.54) is 21.7 Å². The largest absolute Gasteiger partial charge is 0.438 e. The Bertz CT molecular complexity index is 3300. The monoisotopic (exact) mass is 921 g/mol. The summed E-state index contributed by atoms with van der Waals surface area (Å²) in [5.74, 6) is 0.123. The minimum atomic E-state index is -2.69. The summed E-state index contributed by atoms with van der Waals surface area (Å²) in [6, 6.07) is 16.0. The molecule has 3 aliphatic rings. The second-order valence-electron chi connectivity index (χ2n) is 17.5. The molecule has 7 aromatic rings. The van der Waals surface area contributed by atoms with E-state index in [4.69, 9.17) is 26.0 Å². The first-order valence-electron chi connectivity index (χ1n) is 21.9. The molecule has 0 unspecified atom stereocenters. The van der Waals surface area contributed by atoms with E-state index in [0.29, 0.717) is 100 Å². The summed E-state index contributed by atoms with van der Waals surface area (Å²) in [6.45, 7) is 10.8. The molecule has 4 aromatic heterocycles. The van der Waals surface area contributed by atoms with Crippen LogP contribution in [-0.4, -0.2) is 81.2 Å². The second kappa shape index (κ2) is 15.8. The molecule has 338 valence electrons. The van der Waals surface area contributed by atoms with Crippen molar-refractivity contribution in [3.63, 3.8) is 0 Å². The number of benzene rings is 3. The first kappa shape index (κ1) is 42.9. The summed E-state index contributed by atoms with van der Waals surface area (Å²) >= 11 is 6.83. The van der Waals surface area contributed by atoms with Crippen LogP contribution < -0.4 is 11.4 Å². The number of nitrogens with zero attached hydrogens (tertiary/aromatic N) is 8. The molecule has 1 saturated carbocycles. The van der Waals surface area contributed by atoms with E-state index in [9.17, 15) is 13.8 Å². The molecule has 2 fully saturated rings. The number of amides is 1. The minimum Gasteiger partial charge on any atom is -0.381 e. The molecule has 18 heteroatoms. The number of aryl methyl sites for hydroxylation is 2. The Kier molecular flexibility index (Phi) is 10.5. The van der Waals surface area contributed by atoms with E-state index < -0.39 is 32.8 Å². The third-order valence-electron chi connectivity index (χ3n) is 13.9. The lowest BCUT2D eigenvalue weighted by Crippen LogP contribution is -2.41. The third-order valence-corrected chi connectivity index (χ3v) is 16.5. The molecular weight excluding hydrogens is 873 g/mol. The van der Waals surface area contributed by atoms with Crippen LogP contribution in [0.25, 0.3) is 28.1 Å². The highest BCUT2D eigenvalue weighted by Crippen LogP contribution is 2.56. The lowest BCUT2D eigenvalue weighted by molar-refractivity contribution is 0.0663. The van der Waals surface area contributed by atoms with Gasteiger partial charge in [-0.1, -0.05) is 36.7 Å². The topological polar surface area (TPSA) is 168 Å². The van der Waals surface area contributed by atoms with Gasteiger partial charge in [-0.25, -0.2) is 27.2 Å². The number of H-pyrrole nitrogens is 1. The van der Waals surface area contributed by atoms with Crippen molar-refractivity contribution in [2.45, 2.75) is 82.7 Å². The van der Waals surface area contributed by atoms with Gasteiger partial charge in [0.05, 0.1) is 37.9 Å². The summed E-state index contributed by atoms with van der Waals surface area (Å²) in [7, 11) is -1.18. The Morgan fingerprint density at radius 1 is 1.03 bits per heavy atom. The van der Waals surface area contributed by atoms with Gasteiger partial charge in [0.15, 0.2) is 5.82 Å². The molecule has 1 amide bonds. The molecule has 10 rings (SSSR count). The average Bonchev–Trinajstić information content (AvgIpc) is 3.80. The van der Waals surface area contributed by atoms with Gasteiger partial charge in [-0.05, 0) is 117 Å². The number of carbonyl (C=O) groups excluding carboxylic acids is 1. The molecule has 0 bridgehead atoms. The van der Waals surface area contributed by atoms with Gasteiger partial charge in [0.1, 0.15) is 22.9 Å². The van der Waals surface area contributed by atoms with Gasteiger partial charge in [-0.15, -0.1) is 0 Å². The summed E-state index contributed by atoms with van der Waals surface area (Å²) in [5, 5.41) is 10.4. The van der Waals surface area contributed by atoms with Gasteiger partial charge in [-0.2, -0.15) is 5.10 Å². The SMILES string of the molecule is CC[S@@](=O)(=NC)c1ccc(-n2ccn(-c3c4c(nn3-c3cc(C)c(F)c(C)c3)CCN(C(=O)c3cc5cc(C6CCOCC6)ccc5n3[C@@]3(c5noc(=O)[nH]5)C[C@@H]3C)[C@H]4C)c2=O)c(Cl)c1. The molecule has 0 spiro atoms. The number of fused-ring (bicyclic) bond motifs is 2. The van der Waals surface area contributed by atoms with Crippen LogP contribution in [0.3, 0.4) is 0 Å². The Balaban J connectivity index is 1.12. The number of carbonyl (C=O) groups is 1. The Hall–Kier alpha value is -6.04. The number of imidazole rings is 1. The van der Waals surface area contributed by atoms with Crippen LogP contribution in [0, 0.1) is 25.6 Å². The van der Waals surface area contributed by atoms with Gasteiger partial charge < -0.3 is 14.2 Å². The Labute approximate surface area is 378 Å². The average molecular weight is 922 g/mol. The van der Waals surface area contributed by atoms with Gasteiger partial charge in [-0.3, -0.25) is 23.4 Å². The van der Waals surface area contributed by atoms with Crippen LogP contribution in [0.2, 0.25) is 5.02 Å². The van der Waals surface area contributed by atoms with Crippen molar-refractivity contribution in [3.8, 4) is 17.2 Å². The number of hydrogen-bond acceptors (Lipinski definition) is 9. The molecule has 15 nitrogen and oxygen atoms in total. The number of aromatic nitrogens is 7. The Morgan fingerprint density at radius 3 is 2.40 bits per heavy atom. The van der Waals surface area contributed by atoms with E-state index in [1.54, 1.807) is 73.1 Å². The number of ether oxygens (including phenoxy) is 1. The zero-order valence-electron chi connectivity index (χ0n) is 36.9. The fraction of sp³-hybridized carbons (Fsp3) is 0.383. The second-order valence-corrected chi connectivity index (χ2v) is 20.6. The molecule has 65 heavy (non-hydrogen) atoms. The maximum atomic E-state index is 15.5. The number of hydrogen-bond donors (Lipinski definition) is 1. The number of halogens is 2. The molecule has 0 radical (unpaired) electrons. The van der Waals surface area contributed by atoms with Crippen LogP contribution in [0.5, 0.6) is 0 Å². The first-order valence-corrected chi connectivity index (χ1v) is 24.0. The van der Waals surface area contributed by atoms with E-state index in [0.717, 1.165) is 23.7 Å². The molecule has 1 saturated heterocycles. The van der Waals surface area contributed by atoms with E-state index in [1.807, 2.05) is 17.6 Å². The summed E-state index contributed by atoms with van der Waals surface area (Å²) < 4.78 is 49.9. The zero-order chi connectivity index (χ0) is 45.7. The zero-order valence-corrected chi connectivity index (χ0v) is 38.5. The van der Waals surface area contributed by atoms with Crippen molar-refractivity contribution < 1.29 is 22.7 Å². The minimum absolute atomic E-state index is 0.0106. The maximum absolute atomic E-state index is 15.5.